The predicted molar refractivity (Wildman–Crippen MR) is 134 cm³/mol. The Bertz CT molecular complexity index is 1360. The van der Waals surface area contributed by atoms with E-state index in [-0.39, 0.29) is 11.3 Å². The number of thiocarbonyl (C=S) groups is 1. The lowest BCUT2D eigenvalue weighted by molar-refractivity contribution is 0.412. The Morgan fingerprint density at radius 3 is 2.56 bits per heavy atom. The minimum Gasteiger partial charge on any atom is -0.206 e. The second-order valence-corrected chi connectivity index (χ2v) is 8.91. The number of fused-ring (bicyclic) bond motifs is 1. The SMILES string of the molecule is CCCC1CCc2c(cc(F)c(-c3ccc(C#Cc4ccc(N=C=S)c(F)c4)c(C)c3)c2F)C1. The average molecular weight is 476 g/mol. The summed E-state index contributed by atoms with van der Waals surface area (Å²) in [6.45, 7) is 3.98. The van der Waals surface area contributed by atoms with Gasteiger partial charge in [0.05, 0.1) is 10.7 Å². The van der Waals surface area contributed by atoms with E-state index in [9.17, 15) is 4.39 Å². The van der Waals surface area contributed by atoms with Crippen LogP contribution in [0.4, 0.5) is 18.9 Å². The van der Waals surface area contributed by atoms with Crippen molar-refractivity contribution in [2.75, 3.05) is 0 Å². The number of halogens is 3. The van der Waals surface area contributed by atoms with Crippen molar-refractivity contribution in [2.45, 2.75) is 46.0 Å². The first kappa shape index (κ1) is 24.0. The summed E-state index contributed by atoms with van der Waals surface area (Å²) in [6, 6.07) is 11.1. The van der Waals surface area contributed by atoms with Gasteiger partial charge in [-0.3, -0.25) is 0 Å². The number of rotatable bonds is 4. The van der Waals surface area contributed by atoms with E-state index in [1.807, 2.05) is 6.92 Å². The van der Waals surface area contributed by atoms with E-state index >= 15 is 8.78 Å². The normalized spacial score (nSPS) is 14.6. The van der Waals surface area contributed by atoms with Gasteiger partial charge in [0.15, 0.2) is 5.82 Å². The Morgan fingerprint density at radius 1 is 1.03 bits per heavy atom. The standard InChI is InChI=1S/C29H24F3NS/c1-3-4-19-6-11-24-23(14-19)16-26(31)28(29(24)32)22-10-9-21(18(2)13-22)8-5-20-7-12-27(33-17-34)25(30)15-20/h7,9-10,12-13,15-16,19H,3-4,6,11,14H2,1-2H3. The van der Waals surface area contributed by atoms with Crippen molar-refractivity contribution in [2.24, 2.45) is 10.9 Å². The first-order valence-electron chi connectivity index (χ1n) is 11.4. The monoisotopic (exact) mass is 475 g/mol. The number of isothiocyanates is 1. The summed E-state index contributed by atoms with van der Waals surface area (Å²) in [5.74, 6) is 4.93. The van der Waals surface area contributed by atoms with Crippen molar-refractivity contribution in [3.8, 4) is 23.0 Å². The molecule has 1 atom stereocenters. The molecule has 1 nitrogen and oxygen atoms in total. The Hall–Kier alpha value is -3.19. The highest BCUT2D eigenvalue weighted by Gasteiger charge is 2.25. The zero-order valence-electron chi connectivity index (χ0n) is 19.1. The highest BCUT2D eigenvalue weighted by atomic mass is 32.1. The summed E-state index contributed by atoms with van der Waals surface area (Å²) in [5, 5.41) is 2.14. The summed E-state index contributed by atoms with van der Waals surface area (Å²) in [5.41, 5.74) is 4.04. The number of hydrogen-bond donors (Lipinski definition) is 0. The molecule has 0 amide bonds. The third-order valence-corrected chi connectivity index (χ3v) is 6.48. The number of aryl methyl sites for hydroxylation is 1. The second kappa shape index (κ2) is 10.4. The molecule has 4 rings (SSSR count). The molecule has 1 aliphatic carbocycles. The van der Waals surface area contributed by atoms with Gasteiger partial charge in [0.2, 0.25) is 0 Å². The number of benzene rings is 3. The molecule has 34 heavy (non-hydrogen) atoms. The fourth-order valence-corrected chi connectivity index (χ4v) is 4.76. The van der Waals surface area contributed by atoms with Gasteiger partial charge in [-0.15, -0.1) is 0 Å². The molecule has 1 unspecified atom stereocenters. The van der Waals surface area contributed by atoms with Crippen molar-refractivity contribution < 1.29 is 13.2 Å². The van der Waals surface area contributed by atoms with Gasteiger partial charge in [0.1, 0.15) is 17.3 Å². The van der Waals surface area contributed by atoms with Crippen LogP contribution in [0.15, 0.2) is 47.5 Å². The predicted octanol–water partition coefficient (Wildman–Crippen LogP) is 8.12. The Balaban J connectivity index is 1.63. The van der Waals surface area contributed by atoms with E-state index in [0.29, 0.717) is 34.6 Å². The van der Waals surface area contributed by atoms with Crippen LogP contribution in [0.1, 0.15) is 54.0 Å². The first-order chi connectivity index (χ1) is 16.4. The van der Waals surface area contributed by atoms with Crippen LogP contribution in [-0.4, -0.2) is 5.16 Å². The Kier molecular flexibility index (Phi) is 7.32. The van der Waals surface area contributed by atoms with Crippen LogP contribution < -0.4 is 0 Å². The Labute approximate surface area is 203 Å². The molecule has 3 aromatic rings. The topological polar surface area (TPSA) is 12.4 Å². The lowest BCUT2D eigenvalue weighted by atomic mass is 9.80. The summed E-state index contributed by atoms with van der Waals surface area (Å²) in [6.07, 6.45) is 4.50. The quantitative estimate of drug-likeness (QED) is 0.211. The van der Waals surface area contributed by atoms with Crippen LogP contribution >= 0.6 is 12.2 Å². The Morgan fingerprint density at radius 2 is 1.85 bits per heavy atom. The van der Waals surface area contributed by atoms with E-state index in [0.717, 1.165) is 36.8 Å². The molecule has 0 N–H and O–H groups in total. The maximum Gasteiger partial charge on any atom is 0.150 e. The molecule has 0 bridgehead atoms. The zero-order valence-corrected chi connectivity index (χ0v) is 20.0. The van der Waals surface area contributed by atoms with Crippen LogP contribution in [0.2, 0.25) is 0 Å². The van der Waals surface area contributed by atoms with E-state index in [1.54, 1.807) is 24.3 Å². The molecule has 172 valence electrons. The highest BCUT2D eigenvalue weighted by Crippen LogP contribution is 2.37. The van der Waals surface area contributed by atoms with Crippen molar-refractivity contribution >= 4 is 23.1 Å². The molecule has 0 aliphatic heterocycles. The molecular formula is C29H24F3NS. The van der Waals surface area contributed by atoms with Crippen LogP contribution in [0.3, 0.4) is 0 Å². The number of aliphatic imine (C=N–C) groups is 1. The second-order valence-electron chi connectivity index (χ2n) is 8.73. The van der Waals surface area contributed by atoms with Gasteiger partial charge >= 0.3 is 0 Å². The zero-order chi connectivity index (χ0) is 24.2. The lowest BCUT2D eigenvalue weighted by Gasteiger charge is -2.26. The van der Waals surface area contributed by atoms with Crippen molar-refractivity contribution in [3.05, 3.63) is 87.7 Å². The fraction of sp³-hybridized carbons (Fsp3) is 0.276. The maximum absolute atomic E-state index is 15.4. The van der Waals surface area contributed by atoms with Crippen molar-refractivity contribution in [1.29, 1.82) is 0 Å². The van der Waals surface area contributed by atoms with Crippen molar-refractivity contribution in [1.82, 2.24) is 0 Å². The molecule has 0 saturated heterocycles. The van der Waals surface area contributed by atoms with Crippen LogP contribution in [0, 0.1) is 42.1 Å². The van der Waals surface area contributed by atoms with E-state index in [1.165, 1.54) is 18.2 Å². The summed E-state index contributed by atoms with van der Waals surface area (Å²) >= 11 is 4.50. The van der Waals surface area contributed by atoms with Gasteiger partial charge in [0, 0.05) is 11.1 Å². The van der Waals surface area contributed by atoms with Crippen LogP contribution in [0.25, 0.3) is 11.1 Å². The molecule has 0 aromatic heterocycles. The van der Waals surface area contributed by atoms with Crippen LogP contribution in [0.5, 0.6) is 0 Å². The molecule has 1 aliphatic rings. The maximum atomic E-state index is 15.4. The fourth-order valence-electron chi connectivity index (χ4n) is 4.67. The number of hydrogen-bond acceptors (Lipinski definition) is 2. The van der Waals surface area contributed by atoms with Gasteiger partial charge in [-0.1, -0.05) is 37.7 Å². The lowest BCUT2D eigenvalue weighted by Crippen LogP contribution is -2.16. The third-order valence-electron chi connectivity index (χ3n) is 6.39. The summed E-state index contributed by atoms with van der Waals surface area (Å²) < 4.78 is 44.5. The van der Waals surface area contributed by atoms with Gasteiger partial charge < -0.3 is 0 Å². The first-order valence-corrected chi connectivity index (χ1v) is 11.8. The van der Waals surface area contributed by atoms with Gasteiger partial charge in [-0.25, -0.2) is 13.2 Å². The minimum absolute atomic E-state index is 0.0204. The van der Waals surface area contributed by atoms with Gasteiger partial charge in [0.25, 0.3) is 0 Å². The molecule has 0 heterocycles. The van der Waals surface area contributed by atoms with Crippen LogP contribution in [-0.2, 0) is 12.8 Å². The van der Waals surface area contributed by atoms with Gasteiger partial charge in [-0.2, -0.15) is 4.99 Å². The molecule has 0 spiro atoms. The molecule has 0 radical (unpaired) electrons. The largest absolute Gasteiger partial charge is 0.206 e. The number of nitrogens with zero attached hydrogens (tertiary/aromatic N) is 1. The van der Waals surface area contributed by atoms with Gasteiger partial charge in [-0.05, 0) is 103 Å². The molecule has 5 heteroatoms. The smallest absolute Gasteiger partial charge is 0.150 e. The minimum atomic E-state index is -0.532. The molecule has 0 fully saturated rings. The van der Waals surface area contributed by atoms with E-state index in [2.05, 4.69) is 41.1 Å². The third kappa shape index (κ3) is 4.99. The molecule has 0 saturated carbocycles. The van der Waals surface area contributed by atoms with E-state index < -0.39 is 17.5 Å². The summed E-state index contributed by atoms with van der Waals surface area (Å²) in [4.78, 5) is 3.65. The molecule has 3 aromatic carbocycles. The van der Waals surface area contributed by atoms with E-state index in [4.69, 9.17) is 0 Å². The summed E-state index contributed by atoms with van der Waals surface area (Å²) in [7, 11) is 0. The average Bonchev–Trinajstić information content (AvgIpc) is 2.80. The van der Waals surface area contributed by atoms with Crippen molar-refractivity contribution in [3.63, 3.8) is 0 Å². The molecular weight excluding hydrogens is 451 g/mol. The highest BCUT2D eigenvalue weighted by molar-refractivity contribution is 7.78.